The molecule has 0 fully saturated rings. The monoisotopic (exact) mass is 412 g/mol. The standard InChI is InChI=1S/C17H22BrFN4S/c1-3-13-11-22-16(24-13)7-8-21-17(20-4-2)23-10-12-5-6-14(18)15(19)9-12/h5-6,9,11H,3-4,7-8,10H2,1-2H3,(H2,20,21,23). The van der Waals surface area contributed by atoms with Crippen molar-refractivity contribution in [1.82, 2.24) is 15.6 Å². The van der Waals surface area contributed by atoms with Gasteiger partial charge in [-0.1, -0.05) is 13.0 Å². The SMILES string of the molecule is CCNC(=NCc1ccc(Br)c(F)c1)NCCc1ncc(CC)s1. The highest BCUT2D eigenvalue weighted by Gasteiger charge is 2.03. The van der Waals surface area contributed by atoms with E-state index in [1.807, 2.05) is 19.2 Å². The molecule has 0 aliphatic carbocycles. The van der Waals surface area contributed by atoms with E-state index in [4.69, 9.17) is 0 Å². The molecule has 1 heterocycles. The summed E-state index contributed by atoms with van der Waals surface area (Å²) < 4.78 is 14.0. The average Bonchev–Trinajstić information content (AvgIpc) is 3.03. The highest BCUT2D eigenvalue weighted by atomic mass is 79.9. The maximum absolute atomic E-state index is 13.5. The van der Waals surface area contributed by atoms with Crippen LogP contribution in [-0.2, 0) is 19.4 Å². The molecule has 1 aromatic heterocycles. The van der Waals surface area contributed by atoms with E-state index in [-0.39, 0.29) is 5.82 Å². The molecule has 7 heteroatoms. The Morgan fingerprint density at radius 3 is 2.83 bits per heavy atom. The molecular weight excluding hydrogens is 391 g/mol. The first-order chi connectivity index (χ1) is 11.6. The third-order valence-corrected chi connectivity index (χ3v) is 5.17. The molecular formula is C17H22BrFN4S. The van der Waals surface area contributed by atoms with Gasteiger partial charge in [-0.3, -0.25) is 0 Å². The number of aryl methyl sites for hydroxylation is 1. The van der Waals surface area contributed by atoms with Gasteiger partial charge >= 0.3 is 0 Å². The maximum Gasteiger partial charge on any atom is 0.191 e. The lowest BCUT2D eigenvalue weighted by Gasteiger charge is -2.10. The minimum Gasteiger partial charge on any atom is -0.357 e. The van der Waals surface area contributed by atoms with Crippen molar-refractivity contribution in [3.63, 3.8) is 0 Å². The predicted molar refractivity (Wildman–Crippen MR) is 102 cm³/mol. The smallest absolute Gasteiger partial charge is 0.191 e. The number of aliphatic imine (C=N–C) groups is 1. The number of benzene rings is 1. The van der Waals surface area contributed by atoms with Crippen LogP contribution in [0.15, 0.2) is 33.9 Å². The van der Waals surface area contributed by atoms with Crippen LogP contribution in [-0.4, -0.2) is 24.0 Å². The van der Waals surface area contributed by atoms with Gasteiger partial charge in [0.1, 0.15) is 5.82 Å². The number of rotatable bonds is 7. The number of nitrogens with zero attached hydrogens (tertiary/aromatic N) is 2. The number of aromatic nitrogens is 1. The summed E-state index contributed by atoms with van der Waals surface area (Å²) in [5.74, 6) is 0.462. The topological polar surface area (TPSA) is 49.3 Å². The molecule has 0 spiro atoms. The summed E-state index contributed by atoms with van der Waals surface area (Å²) in [4.78, 5) is 10.2. The van der Waals surface area contributed by atoms with Crippen LogP contribution in [0.1, 0.15) is 29.3 Å². The van der Waals surface area contributed by atoms with E-state index in [1.54, 1.807) is 17.4 Å². The second-order valence-corrected chi connectivity index (χ2v) is 7.25. The number of hydrogen-bond donors (Lipinski definition) is 2. The van der Waals surface area contributed by atoms with Crippen molar-refractivity contribution in [1.29, 1.82) is 0 Å². The van der Waals surface area contributed by atoms with E-state index in [0.29, 0.717) is 11.0 Å². The second-order valence-electron chi connectivity index (χ2n) is 5.19. The molecule has 0 bridgehead atoms. The van der Waals surface area contributed by atoms with Gasteiger partial charge in [-0.25, -0.2) is 14.4 Å². The van der Waals surface area contributed by atoms with Crippen LogP contribution in [0.4, 0.5) is 4.39 Å². The fourth-order valence-electron chi connectivity index (χ4n) is 2.06. The van der Waals surface area contributed by atoms with Crippen molar-refractivity contribution in [2.75, 3.05) is 13.1 Å². The molecule has 2 N–H and O–H groups in total. The molecule has 0 aliphatic heterocycles. The van der Waals surface area contributed by atoms with Crippen LogP contribution < -0.4 is 10.6 Å². The van der Waals surface area contributed by atoms with Crippen LogP contribution in [0.5, 0.6) is 0 Å². The third kappa shape index (κ3) is 5.87. The van der Waals surface area contributed by atoms with Gasteiger partial charge in [-0.2, -0.15) is 0 Å². The van der Waals surface area contributed by atoms with Gasteiger partial charge in [0.05, 0.1) is 16.0 Å². The minimum absolute atomic E-state index is 0.267. The lowest BCUT2D eigenvalue weighted by Crippen LogP contribution is -2.38. The number of guanidine groups is 1. The molecule has 0 radical (unpaired) electrons. The van der Waals surface area contributed by atoms with Crippen LogP contribution in [0.2, 0.25) is 0 Å². The lowest BCUT2D eigenvalue weighted by molar-refractivity contribution is 0.618. The van der Waals surface area contributed by atoms with Crippen LogP contribution in [0, 0.1) is 5.82 Å². The van der Waals surface area contributed by atoms with Crippen molar-refractivity contribution in [2.45, 2.75) is 33.2 Å². The Bertz CT molecular complexity index is 687. The van der Waals surface area contributed by atoms with Gasteiger partial charge in [-0.15, -0.1) is 11.3 Å². The summed E-state index contributed by atoms with van der Waals surface area (Å²) in [5, 5.41) is 7.63. The van der Waals surface area contributed by atoms with Gasteiger partial charge in [0.15, 0.2) is 5.96 Å². The summed E-state index contributed by atoms with van der Waals surface area (Å²) in [6, 6.07) is 5.06. The second kappa shape index (κ2) is 9.74. The Kier molecular flexibility index (Phi) is 7.65. The van der Waals surface area contributed by atoms with Crippen molar-refractivity contribution in [3.05, 3.63) is 50.1 Å². The van der Waals surface area contributed by atoms with Gasteiger partial charge < -0.3 is 10.6 Å². The van der Waals surface area contributed by atoms with E-state index in [2.05, 4.69) is 43.5 Å². The Balaban J connectivity index is 1.88. The molecule has 0 atom stereocenters. The highest BCUT2D eigenvalue weighted by molar-refractivity contribution is 9.10. The molecule has 0 aliphatic rings. The van der Waals surface area contributed by atoms with E-state index >= 15 is 0 Å². The number of halogens is 2. The molecule has 24 heavy (non-hydrogen) atoms. The zero-order valence-corrected chi connectivity index (χ0v) is 16.3. The molecule has 130 valence electrons. The van der Waals surface area contributed by atoms with Crippen molar-refractivity contribution < 1.29 is 4.39 Å². The van der Waals surface area contributed by atoms with Gasteiger partial charge in [0.2, 0.25) is 0 Å². The lowest BCUT2D eigenvalue weighted by atomic mass is 10.2. The zero-order chi connectivity index (χ0) is 17.4. The van der Waals surface area contributed by atoms with Gasteiger partial charge in [-0.05, 0) is 47.0 Å². The number of thiazole rings is 1. The summed E-state index contributed by atoms with van der Waals surface area (Å²) in [6.07, 6.45) is 3.84. The average molecular weight is 413 g/mol. The zero-order valence-electron chi connectivity index (χ0n) is 13.9. The number of hydrogen-bond acceptors (Lipinski definition) is 3. The molecule has 2 aromatic rings. The first-order valence-electron chi connectivity index (χ1n) is 8.02. The molecule has 0 unspecified atom stereocenters. The third-order valence-electron chi connectivity index (χ3n) is 3.33. The number of nitrogens with one attached hydrogen (secondary N) is 2. The minimum atomic E-state index is -0.267. The molecule has 4 nitrogen and oxygen atoms in total. The summed E-state index contributed by atoms with van der Waals surface area (Å²) >= 11 is 4.91. The first-order valence-corrected chi connectivity index (χ1v) is 9.63. The summed E-state index contributed by atoms with van der Waals surface area (Å²) in [7, 11) is 0. The Morgan fingerprint density at radius 2 is 2.17 bits per heavy atom. The van der Waals surface area contributed by atoms with Crippen molar-refractivity contribution >= 4 is 33.2 Å². The molecule has 0 saturated heterocycles. The van der Waals surface area contributed by atoms with Crippen LogP contribution in [0.25, 0.3) is 0 Å². The normalized spacial score (nSPS) is 11.6. The maximum atomic E-state index is 13.5. The largest absolute Gasteiger partial charge is 0.357 e. The quantitative estimate of drug-likeness (QED) is 0.535. The van der Waals surface area contributed by atoms with Crippen LogP contribution in [0.3, 0.4) is 0 Å². The van der Waals surface area contributed by atoms with Crippen molar-refractivity contribution in [3.8, 4) is 0 Å². The fraction of sp³-hybridized carbons (Fsp3) is 0.412. The van der Waals surface area contributed by atoms with Gasteiger partial charge in [0, 0.05) is 30.6 Å². The van der Waals surface area contributed by atoms with Crippen molar-refractivity contribution in [2.24, 2.45) is 4.99 Å². The Hall–Kier alpha value is -1.47. The Morgan fingerprint density at radius 1 is 1.33 bits per heavy atom. The molecule has 1 aromatic carbocycles. The van der Waals surface area contributed by atoms with E-state index < -0.39 is 0 Å². The summed E-state index contributed by atoms with van der Waals surface area (Å²) in [6.45, 7) is 6.12. The first kappa shape index (κ1) is 18.9. The predicted octanol–water partition coefficient (Wildman–Crippen LogP) is 3.90. The highest BCUT2D eigenvalue weighted by Crippen LogP contribution is 2.17. The van der Waals surface area contributed by atoms with E-state index in [0.717, 1.165) is 42.5 Å². The van der Waals surface area contributed by atoms with E-state index in [9.17, 15) is 4.39 Å². The fourth-order valence-corrected chi connectivity index (χ4v) is 3.17. The van der Waals surface area contributed by atoms with Gasteiger partial charge in [0.25, 0.3) is 0 Å². The van der Waals surface area contributed by atoms with Crippen LogP contribution >= 0.6 is 27.3 Å². The molecule has 0 amide bonds. The molecule has 0 saturated carbocycles. The molecule has 2 rings (SSSR count). The summed E-state index contributed by atoms with van der Waals surface area (Å²) in [5.41, 5.74) is 0.834. The Labute approximate surface area is 154 Å². The van der Waals surface area contributed by atoms with E-state index in [1.165, 1.54) is 10.9 Å².